The van der Waals surface area contributed by atoms with E-state index in [0.717, 1.165) is 24.4 Å². The van der Waals surface area contributed by atoms with Gasteiger partial charge in [-0.2, -0.15) is 0 Å². The molecule has 0 saturated heterocycles. The third kappa shape index (κ3) is 2.94. The normalized spacial score (nSPS) is 10.8. The Labute approximate surface area is 102 Å². The lowest BCUT2D eigenvalue weighted by Crippen LogP contribution is -2.01. The minimum atomic E-state index is 0.708. The van der Waals surface area contributed by atoms with Crippen LogP contribution in [0.4, 0.5) is 0 Å². The summed E-state index contributed by atoms with van der Waals surface area (Å²) in [5.74, 6) is 1.02. The minimum Gasteiger partial charge on any atom is -0.342 e. The number of benzene rings is 1. The van der Waals surface area contributed by atoms with Gasteiger partial charge in [0.2, 0.25) is 0 Å². The first-order valence-corrected chi connectivity index (χ1v) is 6.01. The summed E-state index contributed by atoms with van der Waals surface area (Å²) in [6.45, 7) is 4.93. The van der Waals surface area contributed by atoms with Crippen molar-refractivity contribution in [1.82, 2.24) is 9.97 Å². The maximum absolute atomic E-state index is 5.49. The molecule has 3 heteroatoms. The van der Waals surface area contributed by atoms with Gasteiger partial charge in [-0.1, -0.05) is 17.2 Å². The SMILES string of the molecule is Cc1cc(C)cc(-c2cnc(CCCN)[nH]2)c1. The number of hydrogen-bond acceptors (Lipinski definition) is 2. The molecule has 0 aliphatic carbocycles. The van der Waals surface area contributed by atoms with Crippen molar-refractivity contribution in [3.05, 3.63) is 41.3 Å². The topological polar surface area (TPSA) is 54.7 Å². The molecule has 1 aromatic heterocycles. The van der Waals surface area contributed by atoms with Gasteiger partial charge in [0, 0.05) is 12.0 Å². The molecule has 17 heavy (non-hydrogen) atoms. The third-order valence-electron chi connectivity index (χ3n) is 2.78. The molecule has 1 heterocycles. The van der Waals surface area contributed by atoms with E-state index in [1.165, 1.54) is 16.7 Å². The first-order valence-electron chi connectivity index (χ1n) is 6.01. The van der Waals surface area contributed by atoms with E-state index in [2.05, 4.69) is 42.0 Å². The molecule has 3 nitrogen and oxygen atoms in total. The predicted octanol–water partition coefficient (Wildman–Crippen LogP) is 2.58. The molecule has 0 bridgehead atoms. The van der Waals surface area contributed by atoms with E-state index >= 15 is 0 Å². The highest BCUT2D eigenvalue weighted by Gasteiger charge is 2.04. The molecule has 2 aromatic rings. The van der Waals surface area contributed by atoms with Gasteiger partial charge in [0.15, 0.2) is 0 Å². The maximum atomic E-state index is 5.49. The standard InChI is InChI=1S/C14H19N3/c1-10-6-11(2)8-12(7-10)13-9-16-14(17-13)4-3-5-15/h6-9H,3-5,15H2,1-2H3,(H,16,17). The van der Waals surface area contributed by atoms with Crippen LogP contribution >= 0.6 is 0 Å². The number of imidazole rings is 1. The Kier molecular flexibility index (Phi) is 3.59. The zero-order chi connectivity index (χ0) is 12.3. The molecule has 1 aromatic carbocycles. The van der Waals surface area contributed by atoms with Crippen LogP contribution in [0.5, 0.6) is 0 Å². The number of H-pyrrole nitrogens is 1. The quantitative estimate of drug-likeness (QED) is 0.846. The van der Waals surface area contributed by atoms with Crippen molar-refractivity contribution in [1.29, 1.82) is 0 Å². The molecular weight excluding hydrogens is 210 g/mol. The van der Waals surface area contributed by atoms with E-state index in [1.807, 2.05) is 6.20 Å². The van der Waals surface area contributed by atoms with E-state index in [4.69, 9.17) is 5.73 Å². The monoisotopic (exact) mass is 229 g/mol. The molecule has 2 rings (SSSR count). The van der Waals surface area contributed by atoms with Crippen molar-refractivity contribution in [2.24, 2.45) is 5.73 Å². The number of nitrogens with one attached hydrogen (secondary N) is 1. The summed E-state index contributed by atoms with van der Waals surface area (Å²) in [6, 6.07) is 6.52. The van der Waals surface area contributed by atoms with Crippen molar-refractivity contribution < 1.29 is 0 Å². The summed E-state index contributed by atoms with van der Waals surface area (Å²) < 4.78 is 0. The fourth-order valence-corrected chi connectivity index (χ4v) is 2.04. The Bertz CT molecular complexity index is 480. The van der Waals surface area contributed by atoms with Gasteiger partial charge in [0.25, 0.3) is 0 Å². The van der Waals surface area contributed by atoms with Crippen LogP contribution in [0.3, 0.4) is 0 Å². The number of nitrogens with zero attached hydrogens (tertiary/aromatic N) is 1. The van der Waals surface area contributed by atoms with E-state index in [-0.39, 0.29) is 0 Å². The summed E-state index contributed by atoms with van der Waals surface area (Å²) in [6.07, 6.45) is 3.79. The second kappa shape index (κ2) is 5.15. The van der Waals surface area contributed by atoms with Gasteiger partial charge in [0.1, 0.15) is 5.82 Å². The number of rotatable bonds is 4. The lowest BCUT2D eigenvalue weighted by atomic mass is 10.1. The smallest absolute Gasteiger partial charge is 0.106 e. The maximum Gasteiger partial charge on any atom is 0.106 e. The third-order valence-corrected chi connectivity index (χ3v) is 2.78. The summed E-state index contributed by atoms with van der Waals surface area (Å²) in [7, 11) is 0. The Morgan fingerprint density at radius 2 is 1.88 bits per heavy atom. The fourth-order valence-electron chi connectivity index (χ4n) is 2.04. The molecule has 0 saturated carbocycles. The molecule has 0 spiro atoms. The van der Waals surface area contributed by atoms with E-state index in [0.29, 0.717) is 6.54 Å². The number of hydrogen-bond donors (Lipinski definition) is 2. The molecule has 0 unspecified atom stereocenters. The van der Waals surface area contributed by atoms with Gasteiger partial charge < -0.3 is 10.7 Å². The molecule has 0 amide bonds. The van der Waals surface area contributed by atoms with E-state index in [9.17, 15) is 0 Å². The molecule has 0 fully saturated rings. The van der Waals surface area contributed by atoms with Crippen LogP contribution in [0, 0.1) is 13.8 Å². The summed E-state index contributed by atoms with van der Waals surface area (Å²) >= 11 is 0. The van der Waals surface area contributed by atoms with Crippen LogP contribution < -0.4 is 5.73 Å². The molecule has 0 atom stereocenters. The van der Waals surface area contributed by atoms with Gasteiger partial charge >= 0.3 is 0 Å². The fraction of sp³-hybridized carbons (Fsp3) is 0.357. The van der Waals surface area contributed by atoms with Crippen LogP contribution in [0.25, 0.3) is 11.3 Å². The number of aryl methyl sites for hydroxylation is 3. The molecule has 90 valence electrons. The molecular formula is C14H19N3. The second-order valence-electron chi connectivity index (χ2n) is 4.51. The first-order chi connectivity index (χ1) is 8.19. The van der Waals surface area contributed by atoms with Gasteiger partial charge in [0.05, 0.1) is 11.9 Å². The van der Waals surface area contributed by atoms with E-state index < -0.39 is 0 Å². The molecule has 3 N–H and O–H groups in total. The van der Waals surface area contributed by atoms with Gasteiger partial charge in [-0.15, -0.1) is 0 Å². The first kappa shape index (κ1) is 11.9. The highest BCUT2D eigenvalue weighted by molar-refractivity contribution is 5.60. The largest absolute Gasteiger partial charge is 0.342 e. The summed E-state index contributed by atoms with van der Waals surface area (Å²) in [5, 5.41) is 0. The molecule has 0 aliphatic heterocycles. The highest BCUT2D eigenvalue weighted by Crippen LogP contribution is 2.20. The van der Waals surface area contributed by atoms with Gasteiger partial charge in [-0.05, 0) is 38.9 Å². The number of nitrogens with two attached hydrogens (primary N) is 1. The van der Waals surface area contributed by atoms with Crippen molar-refractivity contribution in [2.75, 3.05) is 6.54 Å². The van der Waals surface area contributed by atoms with Crippen molar-refractivity contribution in [2.45, 2.75) is 26.7 Å². The van der Waals surface area contributed by atoms with Gasteiger partial charge in [-0.25, -0.2) is 4.98 Å². The minimum absolute atomic E-state index is 0.708. The van der Waals surface area contributed by atoms with Crippen LogP contribution in [-0.4, -0.2) is 16.5 Å². The lowest BCUT2D eigenvalue weighted by Gasteiger charge is -2.02. The molecule has 0 aliphatic rings. The Balaban J connectivity index is 2.24. The second-order valence-corrected chi connectivity index (χ2v) is 4.51. The Morgan fingerprint density at radius 1 is 1.18 bits per heavy atom. The van der Waals surface area contributed by atoms with Gasteiger partial charge in [-0.3, -0.25) is 0 Å². The summed E-state index contributed by atoms with van der Waals surface area (Å²) in [4.78, 5) is 7.73. The number of aromatic nitrogens is 2. The highest BCUT2D eigenvalue weighted by atomic mass is 14.9. The van der Waals surface area contributed by atoms with Crippen molar-refractivity contribution >= 4 is 0 Å². The Hall–Kier alpha value is -1.61. The van der Waals surface area contributed by atoms with Crippen LogP contribution in [0.2, 0.25) is 0 Å². The predicted molar refractivity (Wildman–Crippen MR) is 70.9 cm³/mol. The average Bonchev–Trinajstić information content (AvgIpc) is 2.73. The zero-order valence-corrected chi connectivity index (χ0v) is 10.5. The van der Waals surface area contributed by atoms with Crippen LogP contribution in [0.1, 0.15) is 23.4 Å². The van der Waals surface area contributed by atoms with Crippen LogP contribution in [0.15, 0.2) is 24.4 Å². The Morgan fingerprint density at radius 3 is 2.53 bits per heavy atom. The van der Waals surface area contributed by atoms with Crippen LogP contribution in [-0.2, 0) is 6.42 Å². The van der Waals surface area contributed by atoms with Crippen molar-refractivity contribution in [3.63, 3.8) is 0 Å². The summed E-state index contributed by atoms with van der Waals surface area (Å²) in [5.41, 5.74) is 10.3. The lowest BCUT2D eigenvalue weighted by molar-refractivity contribution is 0.794. The zero-order valence-electron chi connectivity index (χ0n) is 10.5. The van der Waals surface area contributed by atoms with E-state index in [1.54, 1.807) is 0 Å². The average molecular weight is 229 g/mol. The molecule has 0 radical (unpaired) electrons. The van der Waals surface area contributed by atoms with Crippen molar-refractivity contribution in [3.8, 4) is 11.3 Å². The number of aromatic amines is 1.